The molecule has 2 aromatic carbocycles. The fourth-order valence-corrected chi connectivity index (χ4v) is 4.68. The normalized spacial score (nSPS) is 16.5. The van der Waals surface area contributed by atoms with Gasteiger partial charge in [-0.15, -0.1) is 0 Å². The number of carbonyl (C=O) groups excluding carboxylic acids is 2. The Labute approximate surface area is 197 Å². The highest BCUT2D eigenvalue weighted by Gasteiger charge is 2.37. The Morgan fingerprint density at radius 2 is 1.94 bits per heavy atom. The van der Waals surface area contributed by atoms with Crippen LogP contribution in [-0.4, -0.2) is 32.9 Å². The van der Waals surface area contributed by atoms with Gasteiger partial charge in [0.2, 0.25) is 5.43 Å². The number of rotatable bonds is 3. The molecule has 0 aliphatic carbocycles. The van der Waals surface area contributed by atoms with Crippen molar-refractivity contribution in [3.8, 4) is 5.75 Å². The fraction of sp³-hybridized carbons (Fsp3) is 0.208. The first-order chi connectivity index (χ1) is 16.2. The third-order valence-corrected chi connectivity index (χ3v) is 6.44. The maximum atomic E-state index is 13.9. The van der Waals surface area contributed by atoms with E-state index in [2.05, 4.69) is 5.32 Å². The molecule has 10 heteroatoms. The van der Waals surface area contributed by atoms with Gasteiger partial charge >= 0.3 is 0 Å². The van der Waals surface area contributed by atoms with E-state index in [0.717, 1.165) is 17.2 Å². The van der Waals surface area contributed by atoms with Gasteiger partial charge in [-0.2, -0.15) is 0 Å². The van der Waals surface area contributed by atoms with Crippen molar-refractivity contribution in [3.05, 3.63) is 97.4 Å². The molecule has 34 heavy (non-hydrogen) atoms. The molecule has 2 aliphatic rings. The van der Waals surface area contributed by atoms with E-state index >= 15 is 0 Å². The standard InChI is InChI=1S/C24H18ClF2N3O4/c25-15-3-1-13-9-29-10-17(6-14(13)5-15)30-11-18(21(31)22(32)20(30)24(29)34)23(33)28-8-12-2-4-16(26)7-19(12)27/h1-5,7,11,17,32H,6,8-10H2,(H,28,33)/t17-/m0/s1. The largest absolute Gasteiger partial charge is 0.503 e. The van der Waals surface area contributed by atoms with E-state index in [4.69, 9.17) is 11.6 Å². The summed E-state index contributed by atoms with van der Waals surface area (Å²) in [5.41, 5.74) is 0.297. The van der Waals surface area contributed by atoms with E-state index in [1.54, 1.807) is 11.0 Å². The highest BCUT2D eigenvalue weighted by molar-refractivity contribution is 6.30. The second-order valence-electron chi connectivity index (χ2n) is 8.35. The van der Waals surface area contributed by atoms with E-state index in [1.165, 1.54) is 16.8 Å². The Balaban J connectivity index is 1.51. The molecule has 1 atom stereocenters. The number of hydrogen-bond donors (Lipinski definition) is 2. The molecule has 3 heterocycles. The van der Waals surface area contributed by atoms with Crippen molar-refractivity contribution in [1.82, 2.24) is 14.8 Å². The van der Waals surface area contributed by atoms with Crippen LogP contribution in [0.1, 0.15) is 43.6 Å². The summed E-state index contributed by atoms with van der Waals surface area (Å²) in [5.74, 6) is -3.79. The summed E-state index contributed by atoms with van der Waals surface area (Å²) in [4.78, 5) is 40.2. The number of benzene rings is 2. The molecular weight excluding hydrogens is 468 g/mol. The molecule has 2 aliphatic heterocycles. The van der Waals surface area contributed by atoms with Gasteiger partial charge in [-0.25, -0.2) is 8.78 Å². The van der Waals surface area contributed by atoms with Crippen molar-refractivity contribution < 1.29 is 23.5 Å². The van der Waals surface area contributed by atoms with Gasteiger partial charge in [0.1, 0.15) is 17.2 Å². The summed E-state index contributed by atoms with van der Waals surface area (Å²) in [6.07, 6.45) is 1.72. The molecule has 174 valence electrons. The second kappa shape index (κ2) is 8.25. The van der Waals surface area contributed by atoms with Crippen LogP contribution in [0.3, 0.4) is 0 Å². The van der Waals surface area contributed by atoms with Gasteiger partial charge in [0.15, 0.2) is 11.4 Å². The molecule has 2 bridgehead atoms. The molecule has 1 aromatic heterocycles. The molecule has 0 unspecified atom stereocenters. The van der Waals surface area contributed by atoms with Crippen LogP contribution < -0.4 is 10.7 Å². The van der Waals surface area contributed by atoms with Crippen molar-refractivity contribution in [1.29, 1.82) is 0 Å². The van der Waals surface area contributed by atoms with Crippen LogP contribution in [0.15, 0.2) is 47.4 Å². The van der Waals surface area contributed by atoms with E-state index in [-0.39, 0.29) is 29.4 Å². The summed E-state index contributed by atoms with van der Waals surface area (Å²) < 4.78 is 28.5. The van der Waals surface area contributed by atoms with E-state index in [9.17, 15) is 28.3 Å². The lowest BCUT2D eigenvalue weighted by molar-refractivity contribution is 0.0653. The summed E-state index contributed by atoms with van der Waals surface area (Å²) in [5, 5.41) is 13.6. The van der Waals surface area contributed by atoms with E-state index < -0.39 is 34.6 Å². The summed E-state index contributed by atoms with van der Waals surface area (Å²) in [6.45, 7) is 0.331. The van der Waals surface area contributed by atoms with Crippen LogP contribution in [0.25, 0.3) is 0 Å². The van der Waals surface area contributed by atoms with Crippen LogP contribution in [0.4, 0.5) is 8.78 Å². The Hall–Kier alpha value is -3.72. The molecule has 0 saturated heterocycles. The van der Waals surface area contributed by atoms with Crippen LogP contribution in [0.2, 0.25) is 5.02 Å². The third-order valence-electron chi connectivity index (χ3n) is 6.21. The number of carbonyl (C=O) groups is 2. The third kappa shape index (κ3) is 3.71. The Morgan fingerprint density at radius 3 is 2.71 bits per heavy atom. The average molecular weight is 486 g/mol. The minimum Gasteiger partial charge on any atom is -0.503 e. The number of amides is 2. The Bertz CT molecular complexity index is 1420. The van der Waals surface area contributed by atoms with E-state index in [1.807, 2.05) is 12.1 Å². The van der Waals surface area contributed by atoms with E-state index in [0.29, 0.717) is 30.6 Å². The monoisotopic (exact) mass is 485 g/mol. The maximum absolute atomic E-state index is 13.9. The number of pyridine rings is 1. The molecule has 0 radical (unpaired) electrons. The molecule has 0 fully saturated rings. The number of nitrogens with zero attached hydrogens (tertiary/aromatic N) is 2. The zero-order valence-electron chi connectivity index (χ0n) is 17.6. The number of nitrogens with one attached hydrogen (secondary N) is 1. The zero-order valence-corrected chi connectivity index (χ0v) is 18.4. The van der Waals surface area contributed by atoms with Crippen molar-refractivity contribution in [2.24, 2.45) is 0 Å². The number of aromatic hydroxyl groups is 1. The van der Waals surface area contributed by atoms with Crippen molar-refractivity contribution in [3.63, 3.8) is 0 Å². The highest BCUT2D eigenvalue weighted by atomic mass is 35.5. The number of aromatic nitrogens is 1. The summed E-state index contributed by atoms with van der Waals surface area (Å²) in [7, 11) is 0. The maximum Gasteiger partial charge on any atom is 0.274 e. The number of fused-ring (bicyclic) bond motifs is 5. The first-order valence-electron chi connectivity index (χ1n) is 10.5. The van der Waals surface area contributed by atoms with Crippen molar-refractivity contribution >= 4 is 23.4 Å². The van der Waals surface area contributed by atoms with Gasteiger partial charge in [0.05, 0.1) is 6.04 Å². The number of hydrogen-bond acceptors (Lipinski definition) is 4. The van der Waals surface area contributed by atoms with Crippen molar-refractivity contribution in [2.75, 3.05) is 6.54 Å². The highest BCUT2D eigenvalue weighted by Crippen LogP contribution is 2.34. The second-order valence-corrected chi connectivity index (χ2v) is 8.79. The van der Waals surface area contributed by atoms with Crippen molar-refractivity contribution in [2.45, 2.75) is 25.6 Å². The number of halogens is 3. The molecule has 0 saturated carbocycles. The summed E-state index contributed by atoms with van der Waals surface area (Å²) in [6, 6.07) is 7.97. The van der Waals surface area contributed by atoms with Crippen LogP contribution in [-0.2, 0) is 19.5 Å². The lowest BCUT2D eigenvalue weighted by Crippen LogP contribution is -2.44. The molecule has 5 rings (SSSR count). The topological polar surface area (TPSA) is 91.6 Å². The summed E-state index contributed by atoms with van der Waals surface area (Å²) >= 11 is 6.15. The fourth-order valence-electron chi connectivity index (χ4n) is 4.49. The minimum atomic E-state index is -1.00. The Kier molecular flexibility index (Phi) is 5.36. The lowest BCUT2D eigenvalue weighted by atomic mass is 10.0. The molecular formula is C24H18ClF2N3O4. The quantitative estimate of drug-likeness (QED) is 0.596. The molecule has 2 amide bonds. The van der Waals surface area contributed by atoms with Crippen LogP contribution in [0.5, 0.6) is 5.75 Å². The first kappa shape index (κ1) is 22.1. The Morgan fingerprint density at radius 1 is 1.15 bits per heavy atom. The van der Waals surface area contributed by atoms with Gasteiger partial charge < -0.3 is 19.9 Å². The average Bonchev–Trinajstić information content (AvgIpc) is 2.96. The molecule has 3 aromatic rings. The SMILES string of the molecule is O=C(NCc1ccc(F)cc1F)c1cn2c(c(O)c1=O)C(=O)N1Cc3ccc(Cl)cc3C[C@H]2C1. The van der Waals surface area contributed by atoms with Gasteiger partial charge in [0, 0.05) is 42.5 Å². The van der Waals surface area contributed by atoms with Gasteiger partial charge in [-0.05, 0) is 35.7 Å². The van der Waals surface area contributed by atoms with Gasteiger partial charge in [-0.1, -0.05) is 23.7 Å². The smallest absolute Gasteiger partial charge is 0.274 e. The van der Waals surface area contributed by atoms with Crippen LogP contribution >= 0.6 is 11.6 Å². The van der Waals surface area contributed by atoms with Gasteiger partial charge in [-0.3, -0.25) is 14.4 Å². The molecule has 2 N–H and O–H groups in total. The zero-order chi connectivity index (χ0) is 24.1. The first-order valence-corrected chi connectivity index (χ1v) is 10.9. The molecule has 7 nitrogen and oxygen atoms in total. The van der Waals surface area contributed by atoms with Gasteiger partial charge in [0.25, 0.3) is 11.8 Å². The van der Waals surface area contributed by atoms with Crippen LogP contribution in [0, 0.1) is 11.6 Å². The predicted molar refractivity (Wildman–Crippen MR) is 119 cm³/mol. The molecule has 0 spiro atoms. The lowest BCUT2D eigenvalue weighted by Gasteiger charge is -2.34. The predicted octanol–water partition coefficient (Wildman–Crippen LogP) is 3.17. The minimum absolute atomic E-state index is 0.0279.